The van der Waals surface area contributed by atoms with Gasteiger partial charge >= 0.3 is 0 Å². The standard InChI is InChI=1S/C12H11NO2S2/c1-15-9-5-3-8(4-6-9)11-13-10(7-17-11)12(14)16-2/h3-7H,1-2H3. The molecule has 0 amide bonds. The van der Waals surface area contributed by atoms with Gasteiger partial charge in [-0.05, 0) is 30.5 Å². The van der Waals surface area contributed by atoms with Crippen LogP contribution >= 0.6 is 23.1 Å². The predicted octanol–water partition coefficient (Wildman–Crippen LogP) is 3.32. The molecule has 0 atom stereocenters. The minimum atomic E-state index is 0.000937. The first-order valence-corrected chi connectivity index (χ1v) is 7.03. The number of benzene rings is 1. The van der Waals surface area contributed by atoms with Gasteiger partial charge in [0.05, 0.1) is 7.11 Å². The Balaban J connectivity index is 2.27. The van der Waals surface area contributed by atoms with Crippen molar-refractivity contribution in [2.45, 2.75) is 0 Å². The van der Waals surface area contributed by atoms with Crippen LogP contribution < -0.4 is 4.74 Å². The quantitative estimate of drug-likeness (QED) is 0.853. The molecule has 0 spiro atoms. The predicted molar refractivity (Wildman–Crippen MR) is 71.9 cm³/mol. The molecule has 5 heteroatoms. The molecule has 0 saturated heterocycles. The highest BCUT2D eigenvalue weighted by atomic mass is 32.2. The fraction of sp³-hybridized carbons (Fsp3) is 0.167. The van der Waals surface area contributed by atoms with Crippen molar-refractivity contribution in [1.82, 2.24) is 4.98 Å². The number of ether oxygens (including phenoxy) is 1. The normalized spacial score (nSPS) is 10.2. The summed E-state index contributed by atoms with van der Waals surface area (Å²) < 4.78 is 5.09. The largest absolute Gasteiger partial charge is 0.497 e. The lowest BCUT2D eigenvalue weighted by atomic mass is 10.2. The molecule has 0 aliphatic carbocycles. The molecule has 1 heterocycles. The molecule has 0 aliphatic heterocycles. The van der Waals surface area contributed by atoms with E-state index in [1.54, 1.807) is 18.7 Å². The van der Waals surface area contributed by atoms with Crippen molar-refractivity contribution in [2.75, 3.05) is 13.4 Å². The van der Waals surface area contributed by atoms with Crippen molar-refractivity contribution in [3.63, 3.8) is 0 Å². The summed E-state index contributed by atoms with van der Waals surface area (Å²) in [5.74, 6) is 0.811. The van der Waals surface area contributed by atoms with Crippen LogP contribution in [0, 0.1) is 0 Å². The molecule has 0 fully saturated rings. The third-order valence-electron chi connectivity index (χ3n) is 2.24. The van der Waals surface area contributed by atoms with E-state index in [1.807, 2.05) is 24.3 Å². The first kappa shape index (κ1) is 12.1. The maximum absolute atomic E-state index is 11.4. The SMILES string of the molecule is COc1ccc(-c2nc(C(=O)SC)cs2)cc1. The summed E-state index contributed by atoms with van der Waals surface area (Å²) in [7, 11) is 1.63. The number of thiazole rings is 1. The van der Waals surface area contributed by atoms with Gasteiger partial charge in [-0.2, -0.15) is 0 Å². The third-order valence-corrected chi connectivity index (χ3v) is 3.71. The van der Waals surface area contributed by atoms with E-state index in [9.17, 15) is 4.79 Å². The molecule has 2 rings (SSSR count). The smallest absolute Gasteiger partial charge is 0.238 e. The molecular formula is C12H11NO2S2. The Morgan fingerprint density at radius 3 is 2.65 bits per heavy atom. The summed E-state index contributed by atoms with van der Waals surface area (Å²) in [6, 6.07) is 7.63. The lowest BCUT2D eigenvalue weighted by molar-refractivity contribution is 0.108. The van der Waals surface area contributed by atoms with Gasteiger partial charge in [0.1, 0.15) is 16.5 Å². The highest BCUT2D eigenvalue weighted by molar-refractivity contribution is 8.13. The Kier molecular flexibility index (Phi) is 3.81. The van der Waals surface area contributed by atoms with Crippen LogP contribution in [0.5, 0.6) is 5.75 Å². The number of rotatable bonds is 3. The number of methoxy groups -OCH3 is 1. The zero-order valence-corrected chi connectivity index (χ0v) is 11.1. The van der Waals surface area contributed by atoms with Crippen LogP contribution in [-0.2, 0) is 0 Å². The maximum Gasteiger partial charge on any atom is 0.238 e. The molecule has 1 aromatic heterocycles. The van der Waals surface area contributed by atoms with E-state index in [0.29, 0.717) is 5.69 Å². The molecule has 0 unspecified atom stereocenters. The van der Waals surface area contributed by atoms with Gasteiger partial charge in [-0.3, -0.25) is 4.79 Å². The van der Waals surface area contributed by atoms with Gasteiger partial charge in [0, 0.05) is 10.9 Å². The van der Waals surface area contributed by atoms with Crippen LogP contribution in [0.1, 0.15) is 10.5 Å². The van der Waals surface area contributed by atoms with E-state index in [-0.39, 0.29) is 5.12 Å². The average Bonchev–Trinajstić information content (AvgIpc) is 2.87. The molecule has 88 valence electrons. The van der Waals surface area contributed by atoms with Gasteiger partial charge in [0.15, 0.2) is 0 Å². The zero-order chi connectivity index (χ0) is 12.3. The summed E-state index contributed by atoms with van der Waals surface area (Å²) in [5.41, 5.74) is 1.52. The van der Waals surface area contributed by atoms with E-state index >= 15 is 0 Å². The summed E-state index contributed by atoms with van der Waals surface area (Å²) in [6.45, 7) is 0. The summed E-state index contributed by atoms with van der Waals surface area (Å²) in [4.78, 5) is 15.8. The van der Waals surface area contributed by atoms with Crippen LogP contribution in [0.4, 0.5) is 0 Å². The zero-order valence-electron chi connectivity index (χ0n) is 9.47. The molecular weight excluding hydrogens is 254 g/mol. The van der Waals surface area contributed by atoms with E-state index in [1.165, 1.54) is 23.1 Å². The maximum atomic E-state index is 11.4. The Hall–Kier alpha value is -1.33. The number of aromatic nitrogens is 1. The van der Waals surface area contributed by atoms with E-state index in [0.717, 1.165) is 16.3 Å². The molecule has 0 N–H and O–H groups in total. The molecule has 3 nitrogen and oxygen atoms in total. The number of hydrogen-bond acceptors (Lipinski definition) is 5. The van der Waals surface area contributed by atoms with Gasteiger partial charge in [0.2, 0.25) is 5.12 Å². The molecule has 1 aromatic carbocycles. The van der Waals surface area contributed by atoms with Crippen LogP contribution in [0.3, 0.4) is 0 Å². The monoisotopic (exact) mass is 265 g/mol. The second-order valence-corrected chi connectivity index (χ2v) is 4.90. The van der Waals surface area contributed by atoms with E-state index < -0.39 is 0 Å². The van der Waals surface area contributed by atoms with Crippen molar-refractivity contribution in [3.05, 3.63) is 35.3 Å². The first-order valence-electron chi connectivity index (χ1n) is 4.93. The molecule has 0 saturated carbocycles. The van der Waals surface area contributed by atoms with Crippen molar-refractivity contribution in [1.29, 1.82) is 0 Å². The Bertz CT molecular complexity index is 520. The van der Waals surface area contributed by atoms with Crippen LogP contribution in [0.2, 0.25) is 0 Å². The van der Waals surface area contributed by atoms with Gasteiger partial charge in [-0.15, -0.1) is 11.3 Å². The van der Waals surface area contributed by atoms with Gasteiger partial charge in [-0.1, -0.05) is 11.8 Å². The highest BCUT2D eigenvalue weighted by Crippen LogP contribution is 2.26. The average molecular weight is 265 g/mol. The second kappa shape index (κ2) is 5.33. The molecule has 0 radical (unpaired) electrons. The number of carbonyl (C=O) groups is 1. The number of thioether (sulfide) groups is 1. The minimum absolute atomic E-state index is 0.000937. The number of hydrogen-bond donors (Lipinski definition) is 0. The second-order valence-electron chi connectivity index (χ2n) is 3.26. The van der Waals surface area contributed by atoms with E-state index in [2.05, 4.69) is 4.98 Å². The van der Waals surface area contributed by atoms with Gasteiger partial charge in [-0.25, -0.2) is 4.98 Å². The fourth-order valence-corrected chi connectivity index (χ4v) is 2.53. The van der Waals surface area contributed by atoms with Crippen LogP contribution in [0.15, 0.2) is 29.6 Å². The van der Waals surface area contributed by atoms with Crippen molar-refractivity contribution < 1.29 is 9.53 Å². The van der Waals surface area contributed by atoms with Crippen molar-refractivity contribution >= 4 is 28.2 Å². The third kappa shape index (κ3) is 2.68. The number of carbonyl (C=O) groups excluding carboxylic acids is 1. The Labute approximate surface area is 108 Å². The minimum Gasteiger partial charge on any atom is -0.497 e. The summed E-state index contributed by atoms with van der Waals surface area (Å²) in [5, 5.41) is 2.64. The highest BCUT2D eigenvalue weighted by Gasteiger charge is 2.10. The molecule has 2 aromatic rings. The van der Waals surface area contributed by atoms with Gasteiger partial charge < -0.3 is 4.74 Å². The van der Waals surface area contributed by atoms with Crippen molar-refractivity contribution in [3.8, 4) is 16.3 Å². The molecule has 0 bridgehead atoms. The lowest BCUT2D eigenvalue weighted by Crippen LogP contribution is -1.91. The summed E-state index contributed by atoms with van der Waals surface area (Å²) >= 11 is 2.65. The molecule has 17 heavy (non-hydrogen) atoms. The van der Waals surface area contributed by atoms with Crippen LogP contribution in [0.25, 0.3) is 10.6 Å². The summed E-state index contributed by atoms with van der Waals surface area (Å²) in [6.07, 6.45) is 1.76. The van der Waals surface area contributed by atoms with Crippen LogP contribution in [-0.4, -0.2) is 23.5 Å². The lowest BCUT2D eigenvalue weighted by Gasteiger charge is -2.00. The van der Waals surface area contributed by atoms with Crippen molar-refractivity contribution in [2.24, 2.45) is 0 Å². The van der Waals surface area contributed by atoms with E-state index in [4.69, 9.17) is 4.74 Å². The topological polar surface area (TPSA) is 39.2 Å². The number of nitrogens with zero attached hydrogens (tertiary/aromatic N) is 1. The van der Waals surface area contributed by atoms with Gasteiger partial charge in [0.25, 0.3) is 0 Å². The molecule has 0 aliphatic rings. The fourth-order valence-electron chi connectivity index (χ4n) is 1.34. The first-order chi connectivity index (χ1) is 8.24. The Morgan fingerprint density at radius 1 is 1.35 bits per heavy atom. The Morgan fingerprint density at radius 2 is 2.06 bits per heavy atom.